The van der Waals surface area contributed by atoms with Crippen LogP contribution in [0.4, 0.5) is 0 Å². The minimum Gasteiger partial charge on any atom is -0.387 e. The van der Waals surface area contributed by atoms with Crippen molar-refractivity contribution in [3.63, 3.8) is 0 Å². The summed E-state index contributed by atoms with van der Waals surface area (Å²) in [5.74, 6) is 0.336. The summed E-state index contributed by atoms with van der Waals surface area (Å²) in [7, 11) is 0. The minimum absolute atomic E-state index is 0.169. The molecule has 2 heterocycles. The van der Waals surface area contributed by atoms with Gasteiger partial charge in [0.1, 0.15) is 29.9 Å². The first-order chi connectivity index (χ1) is 14.8. The van der Waals surface area contributed by atoms with Crippen molar-refractivity contribution in [2.75, 3.05) is 12.8 Å². The molecule has 0 spiro atoms. The number of hydrogen-bond donors (Lipinski definition) is 5. The number of aliphatic hydroxyl groups is 3. The second-order valence-electron chi connectivity index (χ2n) is 8.40. The molecule has 2 aliphatic heterocycles. The molecule has 2 fully saturated rings. The van der Waals surface area contributed by atoms with Gasteiger partial charge in [-0.1, -0.05) is 43.5 Å². The number of hydrogen-bond acceptors (Lipinski definition) is 7. The van der Waals surface area contributed by atoms with Crippen LogP contribution in [0.2, 0.25) is 5.02 Å². The average Bonchev–Trinajstić information content (AvgIpc) is 2.77. The number of carbonyl (C=O) groups excluding carboxylic acids is 1. The molecule has 1 aromatic carbocycles. The predicted molar refractivity (Wildman–Crippen MR) is 122 cm³/mol. The molecule has 2 aliphatic rings. The summed E-state index contributed by atoms with van der Waals surface area (Å²) in [6.07, 6.45) is 0.842. The Kier molecular flexibility index (Phi) is 9.04. The average molecular weight is 473 g/mol. The zero-order valence-corrected chi connectivity index (χ0v) is 19.5. The smallest absolute Gasteiger partial charge is 0.237 e. The summed E-state index contributed by atoms with van der Waals surface area (Å²) in [5, 5.41) is 38.2. The molecule has 174 valence electrons. The molecule has 0 aromatic heterocycles. The van der Waals surface area contributed by atoms with Crippen molar-refractivity contribution < 1.29 is 24.9 Å². The highest BCUT2D eigenvalue weighted by Crippen LogP contribution is 2.34. The van der Waals surface area contributed by atoms with Crippen molar-refractivity contribution in [2.24, 2.45) is 5.92 Å². The van der Waals surface area contributed by atoms with Gasteiger partial charge in [-0.25, -0.2) is 0 Å². The van der Waals surface area contributed by atoms with Gasteiger partial charge >= 0.3 is 0 Å². The van der Waals surface area contributed by atoms with E-state index < -0.39 is 35.9 Å². The van der Waals surface area contributed by atoms with Crippen LogP contribution in [0.25, 0.3) is 0 Å². The Morgan fingerprint density at radius 3 is 2.61 bits per heavy atom. The molecule has 0 saturated carbocycles. The highest BCUT2D eigenvalue weighted by Gasteiger charge is 2.47. The molecule has 1 aromatic rings. The van der Waals surface area contributed by atoms with E-state index >= 15 is 0 Å². The van der Waals surface area contributed by atoms with Gasteiger partial charge in [0.05, 0.1) is 12.1 Å². The molecule has 3 rings (SSSR count). The van der Waals surface area contributed by atoms with Crippen LogP contribution in [0.1, 0.15) is 44.2 Å². The number of halogens is 1. The van der Waals surface area contributed by atoms with Crippen LogP contribution >= 0.6 is 23.4 Å². The van der Waals surface area contributed by atoms with Crippen molar-refractivity contribution in [3.8, 4) is 0 Å². The molecule has 2 saturated heterocycles. The van der Waals surface area contributed by atoms with E-state index in [1.165, 1.54) is 11.8 Å². The van der Waals surface area contributed by atoms with Crippen LogP contribution in [0.15, 0.2) is 24.3 Å². The Morgan fingerprint density at radius 1 is 1.26 bits per heavy atom. The summed E-state index contributed by atoms with van der Waals surface area (Å²) in [5.41, 5.74) is -0.0250. The summed E-state index contributed by atoms with van der Waals surface area (Å²) in [4.78, 5) is 13.2. The first-order valence-corrected chi connectivity index (χ1v) is 12.5. The van der Waals surface area contributed by atoms with E-state index in [-0.39, 0.29) is 11.9 Å². The molecule has 8 unspecified atom stereocenters. The van der Waals surface area contributed by atoms with Crippen LogP contribution in [0, 0.1) is 5.92 Å². The first-order valence-electron chi connectivity index (χ1n) is 10.9. The third kappa shape index (κ3) is 5.93. The molecule has 0 aliphatic carbocycles. The van der Waals surface area contributed by atoms with E-state index in [0.717, 1.165) is 32.2 Å². The zero-order valence-electron chi connectivity index (χ0n) is 17.9. The van der Waals surface area contributed by atoms with Gasteiger partial charge in [-0.3, -0.25) is 4.79 Å². The Balaban J connectivity index is 1.83. The van der Waals surface area contributed by atoms with E-state index in [1.807, 2.05) is 0 Å². The van der Waals surface area contributed by atoms with Crippen LogP contribution in [0.3, 0.4) is 0 Å². The Morgan fingerprint density at radius 2 is 1.97 bits per heavy atom. The number of rotatable bonds is 7. The van der Waals surface area contributed by atoms with Crippen molar-refractivity contribution in [1.29, 1.82) is 0 Å². The van der Waals surface area contributed by atoms with Crippen LogP contribution in [-0.4, -0.2) is 69.9 Å². The monoisotopic (exact) mass is 472 g/mol. The molecular formula is C22H33ClN2O5S. The van der Waals surface area contributed by atoms with Gasteiger partial charge in [0, 0.05) is 5.02 Å². The third-order valence-electron chi connectivity index (χ3n) is 6.22. The highest BCUT2D eigenvalue weighted by molar-refractivity contribution is 7.99. The van der Waals surface area contributed by atoms with Crippen molar-refractivity contribution in [1.82, 2.24) is 10.6 Å². The zero-order chi connectivity index (χ0) is 22.5. The maximum Gasteiger partial charge on any atom is 0.237 e. The number of piperidine rings is 1. The maximum absolute atomic E-state index is 13.2. The number of thioether (sulfide) groups is 1. The second kappa shape index (κ2) is 11.3. The largest absolute Gasteiger partial charge is 0.387 e. The van der Waals surface area contributed by atoms with Gasteiger partial charge in [-0.05, 0) is 49.3 Å². The molecule has 0 bridgehead atoms. The van der Waals surface area contributed by atoms with Crippen molar-refractivity contribution in [2.45, 2.75) is 74.5 Å². The lowest BCUT2D eigenvalue weighted by Crippen LogP contribution is -2.61. The van der Waals surface area contributed by atoms with E-state index in [2.05, 4.69) is 17.6 Å². The summed E-state index contributed by atoms with van der Waals surface area (Å²) in [6, 6.07) is 5.90. The molecular weight excluding hydrogens is 440 g/mol. The number of amides is 1. The fourth-order valence-corrected chi connectivity index (χ4v) is 5.29. The van der Waals surface area contributed by atoms with Gasteiger partial charge in [-0.2, -0.15) is 0 Å². The van der Waals surface area contributed by atoms with Gasteiger partial charge < -0.3 is 30.7 Å². The number of ether oxygens (including phenoxy) is 1. The number of nitrogens with one attached hydrogen (secondary N) is 2. The number of carbonyl (C=O) groups is 1. The van der Waals surface area contributed by atoms with E-state index in [9.17, 15) is 20.1 Å². The number of aliphatic hydroxyl groups excluding tert-OH is 3. The fourth-order valence-electron chi connectivity index (χ4n) is 4.49. The van der Waals surface area contributed by atoms with Crippen LogP contribution in [-0.2, 0) is 9.53 Å². The van der Waals surface area contributed by atoms with Crippen molar-refractivity contribution >= 4 is 29.3 Å². The van der Waals surface area contributed by atoms with Gasteiger partial charge in [0.15, 0.2) is 0 Å². The van der Waals surface area contributed by atoms with Gasteiger partial charge in [0.2, 0.25) is 5.91 Å². The van der Waals surface area contributed by atoms with Crippen LogP contribution < -0.4 is 10.6 Å². The van der Waals surface area contributed by atoms with E-state index in [0.29, 0.717) is 16.5 Å². The summed E-state index contributed by atoms with van der Waals surface area (Å²) in [6.45, 7) is 2.94. The topological polar surface area (TPSA) is 111 Å². The molecule has 8 atom stereocenters. The molecule has 5 N–H and O–H groups in total. The Bertz CT molecular complexity index is 720. The highest BCUT2D eigenvalue weighted by atomic mass is 35.5. The molecule has 7 nitrogen and oxygen atoms in total. The Labute approximate surface area is 192 Å². The summed E-state index contributed by atoms with van der Waals surface area (Å²) < 4.78 is 5.96. The first kappa shape index (κ1) is 24.8. The lowest BCUT2D eigenvalue weighted by molar-refractivity contribution is -0.206. The van der Waals surface area contributed by atoms with E-state index in [4.69, 9.17) is 16.3 Å². The van der Waals surface area contributed by atoms with Gasteiger partial charge in [0.25, 0.3) is 0 Å². The number of benzene rings is 1. The quantitative estimate of drug-likeness (QED) is 0.411. The maximum atomic E-state index is 13.2. The Hall–Kier alpha value is -0.870. The molecule has 9 heteroatoms. The third-order valence-corrected chi connectivity index (χ3v) is 7.33. The SMILES string of the molecule is CCCC1CCNC(C(=O)NC(c2ccc(Cl)cc2)C2OC(SC)C(O)C(O)C2O)C1. The lowest BCUT2D eigenvalue weighted by Gasteiger charge is -2.43. The summed E-state index contributed by atoms with van der Waals surface area (Å²) >= 11 is 7.28. The lowest BCUT2D eigenvalue weighted by atomic mass is 9.87. The predicted octanol–water partition coefficient (Wildman–Crippen LogP) is 1.84. The molecule has 31 heavy (non-hydrogen) atoms. The normalized spacial score (nSPS) is 34.8. The second-order valence-corrected chi connectivity index (χ2v) is 9.77. The molecule has 1 amide bonds. The van der Waals surface area contributed by atoms with Crippen molar-refractivity contribution in [3.05, 3.63) is 34.9 Å². The minimum atomic E-state index is -1.38. The fraction of sp³-hybridized carbons (Fsp3) is 0.682. The van der Waals surface area contributed by atoms with Gasteiger partial charge in [-0.15, -0.1) is 11.8 Å². The standard InChI is InChI=1S/C22H33ClN2O5S/c1-3-4-12-9-10-24-15(11-12)21(29)25-16(13-5-7-14(23)8-6-13)20-18(27)17(26)19(28)22(30-20)31-2/h5-8,12,15-20,22,24,26-28H,3-4,9-11H2,1-2H3,(H,25,29). The van der Waals surface area contributed by atoms with E-state index in [1.54, 1.807) is 30.5 Å². The van der Waals surface area contributed by atoms with Crippen LogP contribution in [0.5, 0.6) is 0 Å². The molecule has 0 radical (unpaired) electrons.